The van der Waals surface area contributed by atoms with Gasteiger partial charge in [-0.3, -0.25) is 4.98 Å². The third-order valence-electron chi connectivity index (χ3n) is 5.58. The fourth-order valence-corrected chi connectivity index (χ4v) is 4.46. The number of hydrogen-bond acceptors (Lipinski definition) is 9. The minimum atomic E-state index is -2.29. The molecule has 0 spiro atoms. The van der Waals surface area contributed by atoms with Gasteiger partial charge in [0.1, 0.15) is 0 Å². The predicted molar refractivity (Wildman–Crippen MR) is 136 cm³/mol. The maximum absolute atomic E-state index is 12.1. The molecule has 3 aromatic heterocycles. The monoisotopic (exact) mass is 477 g/mol. The maximum atomic E-state index is 12.1. The molecule has 0 saturated carbocycles. The van der Waals surface area contributed by atoms with E-state index < -0.39 is 9.73 Å². The largest absolute Gasteiger partial charge is 0.369 e. The zero-order valence-corrected chi connectivity index (χ0v) is 20.2. The van der Waals surface area contributed by atoms with Crippen molar-refractivity contribution in [2.24, 2.45) is 4.36 Å². The average molecular weight is 478 g/mol. The van der Waals surface area contributed by atoms with Gasteiger partial charge in [0.15, 0.2) is 5.65 Å². The van der Waals surface area contributed by atoms with E-state index in [-0.39, 0.29) is 0 Å². The Kier molecular flexibility index (Phi) is 5.88. The van der Waals surface area contributed by atoms with Crippen LogP contribution in [0, 0.1) is 0 Å². The molecule has 0 radical (unpaired) electrons. The lowest BCUT2D eigenvalue weighted by Gasteiger charge is -2.34. The van der Waals surface area contributed by atoms with Gasteiger partial charge < -0.3 is 15.1 Å². The van der Waals surface area contributed by atoms with E-state index in [1.807, 2.05) is 12.1 Å². The van der Waals surface area contributed by atoms with E-state index in [1.54, 1.807) is 48.0 Å². The highest BCUT2D eigenvalue weighted by Gasteiger charge is 2.14. The van der Waals surface area contributed by atoms with Crippen LogP contribution in [0.5, 0.6) is 0 Å². The van der Waals surface area contributed by atoms with Gasteiger partial charge in [0.2, 0.25) is 5.95 Å². The fourth-order valence-electron chi connectivity index (χ4n) is 3.85. The molecule has 0 unspecified atom stereocenters. The summed E-state index contributed by atoms with van der Waals surface area (Å²) in [6.45, 7) is 4.21. The van der Waals surface area contributed by atoms with E-state index in [2.05, 4.69) is 58.7 Å². The van der Waals surface area contributed by atoms with Crippen LogP contribution in [0.3, 0.4) is 0 Å². The van der Waals surface area contributed by atoms with Gasteiger partial charge in [-0.05, 0) is 37.4 Å². The third kappa shape index (κ3) is 5.00. The standard InChI is InChI=1S/C23H27N9OS/c1-30-8-10-31(11-9-30)20-6-4-18(5-7-20)27-23-25-13-17-14-26-32(22(17)28-23)21-12-19(15-24-16-21)29-34(2,3)33/h4-7,12-16H,8-11H2,1-3H3,(H,25,27,28). The first-order valence-corrected chi connectivity index (χ1v) is 13.3. The lowest BCUT2D eigenvalue weighted by molar-refractivity contribution is 0.313. The first-order chi connectivity index (χ1) is 16.3. The summed E-state index contributed by atoms with van der Waals surface area (Å²) >= 11 is 0. The Balaban J connectivity index is 1.38. The fraction of sp³-hybridized carbons (Fsp3) is 0.304. The summed E-state index contributed by atoms with van der Waals surface area (Å²) in [4.78, 5) is 18.1. The van der Waals surface area contributed by atoms with Crippen LogP contribution in [0.4, 0.5) is 23.0 Å². The molecule has 34 heavy (non-hydrogen) atoms. The molecule has 1 fully saturated rings. The molecule has 1 aliphatic rings. The van der Waals surface area contributed by atoms with Gasteiger partial charge in [0.25, 0.3) is 0 Å². The van der Waals surface area contributed by atoms with Crippen LogP contribution in [-0.4, -0.2) is 79.6 Å². The van der Waals surface area contributed by atoms with Crippen molar-refractivity contribution in [1.82, 2.24) is 29.6 Å². The molecule has 1 N–H and O–H groups in total. The summed E-state index contributed by atoms with van der Waals surface area (Å²) in [6, 6.07) is 10.1. The molecule has 5 rings (SSSR count). The highest BCUT2D eigenvalue weighted by Crippen LogP contribution is 2.24. The van der Waals surface area contributed by atoms with E-state index in [0.717, 1.165) is 37.3 Å². The average Bonchev–Trinajstić information content (AvgIpc) is 3.23. The van der Waals surface area contributed by atoms with Crippen LogP contribution >= 0.6 is 0 Å². The topological polar surface area (TPSA) is 104 Å². The number of anilines is 3. The van der Waals surface area contributed by atoms with Crippen molar-refractivity contribution >= 4 is 43.8 Å². The molecule has 1 saturated heterocycles. The van der Waals surface area contributed by atoms with Crippen LogP contribution in [0.25, 0.3) is 16.7 Å². The number of pyridine rings is 1. The second kappa shape index (κ2) is 8.99. The first-order valence-electron chi connectivity index (χ1n) is 11.0. The van der Waals surface area contributed by atoms with Gasteiger partial charge in [0, 0.05) is 66.0 Å². The van der Waals surface area contributed by atoms with Crippen molar-refractivity contribution in [3.63, 3.8) is 0 Å². The highest BCUT2D eigenvalue weighted by molar-refractivity contribution is 7.92. The molecular formula is C23H27N9OS. The van der Waals surface area contributed by atoms with Gasteiger partial charge >= 0.3 is 0 Å². The van der Waals surface area contributed by atoms with Crippen LogP contribution in [0.2, 0.25) is 0 Å². The van der Waals surface area contributed by atoms with Crippen molar-refractivity contribution in [3.05, 3.63) is 55.1 Å². The Morgan fingerprint density at radius 3 is 2.47 bits per heavy atom. The SMILES string of the molecule is CN1CCN(c2ccc(Nc3ncc4cnn(-c5cncc(N=S(C)(C)=O)c5)c4n3)cc2)CC1. The quantitative estimate of drug-likeness (QED) is 0.468. The molecule has 4 aromatic rings. The zero-order valence-electron chi connectivity index (χ0n) is 19.4. The number of nitrogens with one attached hydrogen (secondary N) is 1. The van der Waals surface area contributed by atoms with Crippen molar-refractivity contribution in [2.45, 2.75) is 0 Å². The number of benzene rings is 1. The van der Waals surface area contributed by atoms with Crippen molar-refractivity contribution in [3.8, 4) is 5.69 Å². The molecule has 0 atom stereocenters. The summed E-state index contributed by atoms with van der Waals surface area (Å²) in [5, 5.41) is 8.53. The second-order valence-electron chi connectivity index (χ2n) is 8.67. The minimum absolute atomic E-state index is 0.473. The summed E-state index contributed by atoms with van der Waals surface area (Å²) in [6.07, 6.45) is 9.87. The van der Waals surface area contributed by atoms with E-state index in [4.69, 9.17) is 0 Å². The number of aromatic nitrogens is 5. The summed E-state index contributed by atoms with van der Waals surface area (Å²) in [5.74, 6) is 0.473. The van der Waals surface area contributed by atoms with Gasteiger partial charge in [-0.25, -0.2) is 13.9 Å². The third-order valence-corrected chi connectivity index (χ3v) is 6.23. The van der Waals surface area contributed by atoms with E-state index in [0.29, 0.717) is 23.0 Å². The van der Waals surface area contributed by atoms with Gasteiger partial charge in [-0.15, -0.1) is 0 Å². The Labute approximate surface area is 198 Å². The Morgan fingerprint density at radius 2 is 1.74 bits per heavy atom. The number of rotatable bonds is 5. The second-order valence-corrected chi connectivity index (χ2v) is 11.2. The van der Waals surface area contributed by atoms with E-state index >= 15 is 0 Å². The molecule has 176 valence electrons. The van der Waals surface area contributed by atoms with Crippen molar-refractivity contribution < 1.29 is 4.21 Å². The normalized spacial score (nSPS) is 15.0. The molecule has 10 nitrogen and oxygen atoms in total. The van der Waals surface area contributed by atoms with Gasteiger partial charge in [0.05, 0.1) is 35.4 Å². The van der Waals surface area contributed by atoms with Gasteiger partial charge in [-0.1, -0.05) is 0 Å². The lowest BCUT2D eigenvalue weighted by atomic mass is 10.2. The molecule has 1 aliphatic heterocycles. The molecule has 0 amide bonds. The van der Waals surface area contributed by atoms with Crippen LogP contribution in [-0.2, 0) is 9.73 Å². The molecule has 0 bridgehead atoms. The summed E-state index contributed by atoms with van der Waals surface area (Å²) in [7, 11) is -0.138. The zero-order chi connectivity index (χ0) is 23.7. The molecule has 1 aromatic carbocycles. The number of likely N-dealkylation sites (N-methyl/N-ethyl adjacent to an activating group) is 1. The molecule has 0 aliphatic carbocycles. The summed E-state index contributed by atoms with van der Waals surface area (Å²) < 4.78 is 18.0. The van der Waals surface area contributed by atoms with Crippen LogP contribution in [0.1, 0.15) is 0 Å². The number of nitrogens with zero attached hydrogens (tertiary/aromatic N) is 8. The predicted octanol–water partition coefficient (Wildman–Crippen LogP) is 3.07. The smallest absolute Gasteiger partial charge is 0.229 e. The molecule has 11 heteroatoms. The molecular weight excluding hydrogens is 450 g/mol. The van der Waals surface area contributed by atoms with E-state index in [9.17, 15) is 4.21 Å². The Morgan fingerprint density at radius 1 is 0.971 bits per heavy atom. The van der Waals surface area contributed by atoms with Gasteiger partial charge in [-0.2, -0.15) is 14.4 Å². The minimum Gasteiger partial charge on any atom is -0.369 e. The highest BCUT2D eigenvalue weighted by atomic mass is 32.2. The maximum Gasteiger partial charge on any atom is 0.229 e. The Hall–Kier alpha value is -3.57. The van der Waals surface area contributed by atoms with Crippen molar-refractivity contribution in [1.29, 1.82) is 0 Å². The molecule has 4 heterocycles. The van der Waals surface area contributed by atoms with Crippen LogP contribution in [0.15, 0.2) is 59.5 Å². The first kappa shape index (κ1) is 22.2. The summed E-state index contributed by atoms with van der Waals surface area (Å²) in [5.41, 5.74) is 3.98. The van der Waals surface area contributed by atoms with Crippen molar-refractivity contribution in [2.75, 3.05) is 56.0 Å². The number of fused-ring (bicyclic) bond motifs is 1. The lowest BCUT2D eigenvalue weighted by Crippen LogP contribution is -2.44. The Bertz CT molecular complexity index is 1420. The number of piperazine rings is 1. The van der Waals surface area contributed by atoms with Crippen LogP contribution < -0.4 is 10.2 Å². The number of hydrogen-bond donors (Lipinski definition) is 1. The van der Waals surface area contributed by atoms with E-state index in [1.165, 1.54) is 5.69 Å².